The predicted octanol–water partition coefficient (Wildman–Crippen LogP) is 3.15. The second-order valence-electron chi connectivity index (χ2n) is 4.59. The maximum Gasteiger partial charge on any atom is 0.230 e. The first kappa shape index (κ1) is 12.6. The molecule has 15 heavy (non-hydrogen) atoms. The highest BCUT2D eigenvalue weighted by Crippen LogP contribution is 2.29. The summed E-state index contributed by atoms with van der Waals surface area (Å²) in [4.78, 5) is 0.388. The van der Waals surface area contributed by atoms with E-state index in [1.165, 1.54) is 0 Å². The standard InChI is InChI=1S/C11H16O2S2/c1-11(2,3)9-14-15(12,13)10-7-5-4-6-8-10/h4-8H,9H2,1-3H3. The number of hydrogen-bond acceptors (Lipinski definition) is 3. The van der Waals surface area contributed by atoms with E-state index in [9.17, 15) is 8.42 Å². The molecule has 0 aliphatic heterocycles. The van der Waals surface area contributed by atoms with Gasteiger partial charge in [0.1, 0.15) is 0 Å². The Balaban J connectivity index is 2.78. The van der Waals surface area contributed by atoms with E-state index in [1.54, 1.807) is 24.3 Å². The number of rotatable bonds is 3. The van der Waals surface area contributed by atoms with E-state index in [0.29, 0.717) is 10.6 Å². The fourth-order valence-corrected chi connectivity index (χ4v) is 4.31. The minimum Gasteiger partial charge on any atom is -0.212 e. The molecule has 1 aromatic carbocycles. The summed E-state index contributed by atoms with van der Waals surface area (Å²) in [5.41, 5.74) is 0.0204. The summed E-state index contributed by atoms with van der Waals surface area (Å²) < 4.78 is 23.7. The monoisotopic (exact) mass is 244 g/mol. The van der Waals surface area contributed by atoms with Gasteiger partial charge < -0.3 is 0 Å². The van der Waals surface area contributed by atoms with Gasteiger partial charge in [0.05, 0.1) is 4.90 Å². The first-order valence-electron chi connectivity index (χ1n) is 4.76. The quantitative estimate of drug-likeness (QED) is 0.766. The van der Waals surface area contributed by atoms with Crippen LogP contribution in [0.3, 0.4) is 0 Å². The van der Waals surface area contributed by atoms with Crippen LogP contribution in [-0.4, -0.2) is 14.2 Å². The van der Waals surface area contributed by atoms with Gasteiger partial charge >= 0.3 is 0 Å². The van der Waals surface area contributed by atoms with Crippen LogP contribution in [0.15, 0.2) is 35.2 Å². The van der Waals surface area contributed by atoms with Crippen molar-refractivity contribution in [1.29, 1.82) is 0 Å². The third kappa shape index (κ3) is 4.26. The van der Waals surface area contributed by atoms with Crippen molar-refractivity contribution in [2.75, 3.05) is 5.75 Å². The third-order valence-corrected chi connectivity index (χ3v) is 5.68. The van der Waals surface area contributed by atoms with Gasteiger partial charge in [-0.3, -0.25) is 0 Å². The first-order valence-corrected chi connectivity index (χ1v) is 7.74. The largest absolute Gasteiger partial charge is 0.230 e. The summed E-state index contributed by atoms with van der Waals surface area (Å²) in [6, 6.07) is 8.55. The zero-order valence-corrected chi connectivity index (χ0v) is 10.9. The smallest absolute Gasteiger partial charge is 0.212 e. The Bertz CT molecular complexity index is 402. The molecule has 0 saturated carbocycles. The molecule has 0 N–H and O–H groups in total. The Kier molecular flexibility index (Phi) is 3.84. The average molecular weight is 244 g/mol. The van der Waals surface area contributed by atoms with Gasteiger partial charge in [0.25, 0.3) is 0 Å². The average Bonchev–Trinajstić information content (AvgIpc) is 2.16. The van der Waals surface area contributed by atoms with E-state index < -0.39 is 8.87 Å². The maximum atomic E-state index is 11.8. The minimum atomic E-state index is -3.18. The first-order chi connectivity index (χ1) is 6.81. The Hall–Kier alpha value is -0.480. The lowest BCUT2D eigenvalue weighted by Crippen LogP contribution is -2.10. The summed E-state index contributed by atoms with van der Waals surface area (Å²) in [5.74, 6) is 0.601. The molecule has 0 heterocycles. The van der Waals surface area contributed by atoms with Gasteiger partial charge in [0.15, 0.2) is 0 Å². The SMILES string of the molecule is CC(C)(C)CSS(=O)(=O)c1ccccc1. The van der Waals surface area contributed by atoms with E-state index >= 15 is 0 Å². The van der Waals surface area contributed by atoms with Crippen LogP contribution in [0.2, 0.25) is 0 Å². The molecule has 4 heteroatoms. The van der Waals surface area contributed by atoms with Crippen LogP contribution in [0.5, 0.6) is 0 Å². The van der Waals surface area contributed by atoms with Gasteiger partial charge in [-0.25, -0.2) is 8.42 Å². The molecule has 0 unspecified atom stereocenters. The fraction of sp³-hybridized carbons (Fsp3) is 0.455. The second-order valence-corrected chi connectivity index (χ2v) is 8.52. The molecule has 84 valence electrons. The number of benzene rings is 1. The van der Waals surface area contributed by atoms with Crippen LogP contribution in [0.1, 0.15) is 20.8 Å². The van der Waals surface area contributed by atoms with Crippen LogP contribution >= 0.6 is 10.8 Å². The second kappa shape index (κ2) is 4.58. The van der Waals surface area contributed by atoms with E-state index in [2.05, 4.69) is 0 Å². The van der Waals surface area contributed by atoms with Crippen LogP contribution in [-0.2, 0) is 8.87 Å². The van der Waals surface area contributed by atoms with Gasteiger partial charge in [-0.1, -0.05) is 39.0 Å². The van der Waals surface area contributed by atoms with Gasteiger partial charge in [-0.2, -0.15) is 0 Å². The molecular formula is C11H16O2S2. The van der Waals surface area contributed by atoms with Gasteiger partial charge in [-0.05, 0) is 28.3 Å². The molecule has 0 saturated heterocycles. The van der Waals surface area contributed by atoms with Crippen LogP contribution in [0.4, 0.5) is 0 Å². The lowest BCUT2D eigenvalue weighted by atomic mass is 10.0. The summed E-state index contributed by atoms with van der Waals surface area (Å²) in [6.45, 7) is 6.08. The minimum absolute atomic E-state index is 0.0204. The Morgan fingerprint density at radius 3 is 2.13 bits per heavy atom. The molecule has 0 amide bonds. The van der Waals surface area contributed by atoms with Crippen molar-refractivity contribution < 1.29 is 8.42 Å². The van der Waals surface area contributed by atoms with Crippen molar-refractivity contribution in [3.05, 3.63) is 30.3 Å². The predicted molar refractivity (Wildman–Crippen MR) is 65.5 cm³/mol. The zero-order valence-electron chi connectivity index (χ0n) is 9.23. The number of hydrogen-bond donors (Lipinski definition) is 0. The lowest BCUT2D eigenvalue weighted by Gasteiger charge is -2.16. The fourth-order valence-electron chi connectivity index (χ4n) is 0.910. The molecule has 2 nitrogen and oxygen atoms in total. The Morgan fingerprint density at radius 1 is 1.13 bits per heavy atom. The highest BCUT2D eigenvalue weighted by Gasteiger charge is 2.19. The molecule has 0 spiro atoms. The van der Waals surface area contributed by atoms with Crippen molar-refractivity contribution in [2.24, 2.45) is 5.41 Å². The normalized spacial score (nSPS) is 12.7. The van der Waals surface area contributed by atoms with E-state index in [0.717, 1.165) is 10.8 Å². The van der Waals surface area contributed by atoms with Crippen LogP contribution in [0.25, 0.3) is 0 Å². The molecule has 0 aliphatic carbocycles. The molecule has 0 radical (unpaired) electrons. The van der Waals surface area contributed by atoms with Crippen molar-refractivity contribution in [2.45, 2.75) is 25.7 Å². The van der Waals surface area contributed by atoms with E-state index in [4.69, 9.17) is 0 Å². The molecule has 0 bridgehead atoms. The van der Waals surface area contributed by atoms with Crippen molar-refractivity contribution in [1.82, 2.24) is 0 Å². The van der Waals surface area contributed by atoms with Gasteiger partial charge in [0.2, 0.25) is 8.87 Å². The molecule has 0 aliphatic rings. The molecule has 0 fully saturated rings. The summed E-state index contributed by atoms with van der Waals surface area (Å²) in [7, 11) is -2.17. The van der Waals surface area contributed by atoms with Crippen molar-refractivity contribution in [3.8, 4) is 0 Å². The lowest BCUT2D eigenvalue weighted by molar-refractivity contribution is 0.481. The van der Waals surface area contributed by atoms with Crippen molar-refractivity contribution >= 4 is 19.7 Å². The van der Waals surface area contributed by atoms with Crippen LogP contribution in [0, 0.1) is 5.41 Å². The summed E-state index contributed by atoms with van der Waals surface area (Å²) in [6.07, 6.45) is 0. The van der Waals surface area contributed by atoms with E-state index in [1.807, 2.05) is 26.8 Å². The van der Waals surface area contributed by atoms with Crippen LogP contribution < -0.4 is 0 Å². The highest BCUT2D eigenvalue weighted by atomic mass is 33.1. The molecule has 0 aromatic heterocycles. The topological polar surface area (TPSA) is 34.1 Å². The Morgan fingerprint density at radius 2 is 1.67 bits per heavy atom. The Labute approximate surface area is 95.4 Å². The highest BCUT2D eigenvalue weighted by molar-refractivity contribution is 8.72. The summed E-state index contributed by atoms with van der Waals surface area (Å²) in [5, 5.41) is 0. The zero-order chi connectivity index (χ0) is 11.5. The maximum absolute atomic E-state index is 11.8. The van der Waals surface area contributed by atoms with Gasteiger partial charge in [0, 0.05) is 5.75 Å². The molecule has 0 atom stereocenters. The van der Waals surface area contributed by atoms with Gasteiger partial charge in [-0.15, -0.1) is 0 Å². The third-order valence-electron chi connectivity index (χ3n) is 1.68. The molecule has 1 aromatic rings. The summed E-state index contributed by atoms with van der Waals surface area (Å²) >= 11 is 0. The van der Waals surface area contributed by atoms with E-state index in [-0.39, 0.29) is 5.41 Å². The molecular weight excluding hydrogens is 228 g/mol. The van der Waals surface area contributed by atoms with Crippen molar-refractivity contribution in [3.63, 3.8) is 0 Å². The molecule has 1 rings (SSSR count).